The highest BCUT2D eigenvalue weighted by molar-refractivity contribution is 4.94. The van der Waals surface area contributed by atoms with E-state index in [0.717, 1.165) is 18.6 Å². The summed E-state index contributed by atoms with van der Waals surface area (Å²) in [7, 11) is 0. The summed E-state index contributed by atoms with van der Waals surface area (Å²) in [4.78, 5) is 0. The van der Waals surface area contributed by atoms with E-state index in [0.29, 0.717) is 11.5 Å². The van der Waals surface area contributed by atoms with Crippen LogP contribution in [0.5, 0.6) is 0 Å². The molecule has 2 heteroatoms. The molecule has 2 saturated carbocycles. The topological polar surface area (TPSA) is 21.3 Å². The minimum atomic E-state index is 0.450. The van der Waals surface area contributed by atoms with Crippen LogP contribution >= 0.6 is 0 Å². The molecule has 1 aliphatic heterocycles. The van der Waals surface area contributed by atoms with Crippen LogP contribution in [-0.4, -0.2) is 25.3 Å². The van der Waals surface area contributed by atoms with Crippen LogP contribution in [0.25, 0.3) is 0 Å². The summed E-state index contributed by atoms with van der Waals surface area (Å²) >= 11 is 0. The van der Waals surface area contributed by atoms with E-state index in [4.69, 9.17) is 4.74 Å². The summed E-state index contributed by atoms with van der Waals surface area (Å²) in [5, 5.41) is 3.77. The molecule has 3 fully saturated rings. The largest absolute Gasteiger partial charge is 0.378 e. The van der Waals surface area contributed by atoms with Gasteiger partial charge in [0.1, 0.15) is 0 Å². The average Bonchev–Trinajstić information content (AvgIpc) is 2.92. The van der Waals surface area contributed by atoms with E-state index in [-0.39, 0.29) is 0 Å². The fraction of sp³-hybridized carbons (Fsp3) is 1.00. The SMILES string of the molecule is CC1OCCC1(CCC1CCCC1)CNC1CC1. The van der Waals surface area contributed by atoms with Crippen LogP contribution in [0, 0.1) is 11.3 Å². The summed E-state index contributed by atoms with van der Waals surface area (Å²) in [5.41, 5.74) is 0.450. The molecule has 18 heavy (non-hydrogen) atoms. The predicted molar refractivity (Wildman–Crippen MR) is 74.7 cm³/mol. The molecule has 3 rings (SSSR count). The first-order valence-electron chi connectivity index (χ1n) is 8.13. The minimum absolute atomic E-state index is 0.450. The van der Waals surface area contributed by atoms with Crippen LogP contribution in [-0.2, 0) is 4.74 Å². The zero-order chi connectivity index (χ0) is 12.4. The molecular weight excluding hydrogens is 222 g/mol. The lowest BCUT2D eigenvalue weighted by molar-refractivity contribution is 0.0547. The molecule has 3 aliphatic rings. The van der Waals surface area contributed by atoms with Gasteiger partial charge in [0, 0.05) is 24.6 Å². The molecule has 0 radical (unpaired) electrons. The van der Waals surface area contributed by atoms with Crippen molar-refractivity contribution in [2.75, 3.05) is 13.2 Å². The lowest BCUT2D eigenvalue weighted by atomic mass is 9.75. The van der Waals surface area contributed by atoms with Gasteiger partial charge in [0.2, 0.25) is 0 Å². The van der Waals surface area contributed by atoms with Crippen molar-refractivity contribution in [3.05, 3.63) is 0 Å². The number of hydrogen-bond donors (Lipinski definition) is 1. The van der Waals surface area contributed by atoms with Crippen molar-refractivity contribution in [3.63, 3.8) is 0 Å². The first kappa shape index (κ1) is 12.9. The number of hydrogen-bond acceptors (Lipinski definition) is 2. The minimum Gasteiger partial charge on any atom is -0.378 e. The Bertz CT molecular complexity index is 270. The molecule has 2 atom stereocenters. The Morgan fingerprint density at radius 3 is 2.56 bits per heavy atom. The van der Waals surface area contributed by atoms with E-state index < -0.39 is 0 Å². The summed E-state index contributed by atoms with van der Waals surface area (Å²) in [6, 6.07) is 0.834. The highest BCUT2D eigenvalue weighted by Crippen LogP contribution is 2.42. The molecular formula is C16H29NO. The van der Waals surface area contributed by atoms with Gasteiger partial charge in [-0.25, -0.2) is 0 Å². The van der Waals surface area contributed by atoms with Crippen molar-refractivity contribution in [1.82, 2.24) is 5.32 Å². The Balaban J connectivity index is 1.53. The van der Waals surface area contributed by atoms with E-state index in [1.165, 1.54) is 64.3 Å². The van der Waals surface area contributed by atoms with Gasteiger partial charge in [-0.2, -0.15) is 0 Å². The quantitative estimate of drug-likeness (QED) is 0.780. The van der Waals surface area contributed by atoms with Crippen LogP contribution in [0.3, 0.4) is 0 Å². The number of ether oxygens (including phenoxy) is 1. The summed E-state index contributed by atoms with van der Waals surface area (Å²) in [6.45, 7) is 4.49. The molecule has 0 amide bonds. The molecule has 2 unspecified atom stereocenters. The van der Waals surface area contributed by atoms with Gasteiger partial charge in [-0.05, 0) is 44.9 Å². The van der Waals surface area contributed by atoms with Gasteiger partial charge in [-0.15, -0.1) is 0 Å². The van der Waals surface area contributed by atoms with Gasteiger partial charge < -0.3 is 10.1 Å². The third kappa shape index (κ3) is 2.91. The third-order valence-electron chi connectivity index (χ3n) is 5.68. The van der Waals surface area contributed by atoms with Crippen molar-refractivity contribution in [2.45, 2.75) is 76.9 Å². The highest BCUT2D eigenvalue weighted by Gasteiger charge is 2.42. The van der Waals surface area contributed by atoms with E-state index in [2.05, 4.69) is 12.2 Å². The van der Waals surface area contributed by atoms with E-state index in [1.54, 1.807) is 0 Å². The number of nitrogens with one attached hydrogen (secondary N) is 1. The third-order valence-corrected chi connectivity index (χ3v) is 5.68. The first-order valence-corrected chi connectivity index (χ1v) is 8.13. The molecule has 1 heterocycles. The predicted octanol–water partition coefficient (Wildman–Crippen LogP) is 3.50. The zero-order valence-electron chi connectivity index (χ0n) is 11.9. The molecule has 104 valence electrons. The molecule has 1 saturated heterocycles. The van der Waals surface area contributed by atoms with E-state index >= 15 is 0 Å². The molecule has 0 spiro atoms. The normalized spacial score (nSPS) is 37.5. The monoisotopic (exact) mass is 251 g/mol. The van der Waals surface area contributed by atoms with Crippen molar-refractivity contribution < 1.29 is 4.74 Å². The Morgan fingerprint density at radius 2 is 1.94 bits per heavy atom. The molecule has 0 bridgehead atoms. The Labute approximate surface area is 112 Å². The molecule has 0 aromatic heterocycles. The van der Waals surface area contributed by atoms with Crippen LogP contribution in [0.4, 0.5) is 0 Å². The van der Waals surface area contributed by atoms with Crippen molar-refractivity contribution >= 4 is 0 Å². The lowest BCUT2D eigenvalue weighted by Crippen LogP contribution is -2.40. The van der Waals surface area contributed by atoms with Gasteiger partial charge in [0.05, 0.1) is 6.10 Å². The maximum absolute atomic E-state index is 5.90. The van der Waals surface area contributed by atoms with Gasteiger partial charge in [-0.3, -0.25) is 0 Å². The molecule has 0 aromatic rings. The fourth-order valence-electron chi connectivity index (χ4n) is 3.89. The molecule has 2 aliphatic carbocycles. The Kier molecular flexibility index (Phi) is 3.95. The highest BCUT2D eigenvalue weighted by atomic mass is 16.5. The smallest absolute Gasteiger partial charge is 0.0616 e. The van der Waals surface area contributed by atoms with Gasteiger partial charge in [0.25, 0.3) is 0 Å². The Morgan fingerprint density at radius 1 is 1.17 bits per heavy atom. The van der Waals surface area contributed by atoms with Crippen LogP contribution < -0.4 is 5.32 Å². The average molecular weight is 251 g/mol. The molecule has 0 aromatic carbocycles. The lowest BCUT2D eigenvalue weighted by Gasteiger charge is -2.33. The van der Waals surface area contributed by atoms with E-state index in [1.807, 2.05) is 0 Å². The second-order valence-electron chi connectivity index (χ2n) is 6.97. The van der Waals surface area contributed by atoms with Gasteiger partial charge in [0.15, 0.2) is 0 Å². The van der Waals surface area contributed by atoms with Crippen molar-refractivity contribution in [1.29, 1.82) is 0 Å². The maximum atomic E-state index is 5.90. The maximum Gasteiger partial charge on any atom is 0.0616 e. The standard InChI is InChI=1S/C16H29NO/c1-13-16(10-11-18-13,12-17-15-6-7-15)9-8-14-4-2-3-5-14/h13-15,17H,2-12H2,1H3. The summed E-state index contributed by atoms with van der Waals surface area (Å²) < 4.78 is 5.90. The van der Waals surface area contributed by atoms with Crippen LogP contribution in [0.1, 0.15) is 64.7 Å². The zero-order valence-corrected chi connectivity index (χ0v) is 11.9. The molecule has 2 nitrogen and oxygen atoms in total. The first-order chi connectivity index (χ1) is 8.78. The summed E-state index contributed by atoms with van der Waals surface area (Å²) in [5.74, 6) is 1.02. The summed E-state index contributed by atoms with van der Waals surface area (Å²) in [6.07, 6.45) is 13.3. The van der Waals surface area contributed by atoms with E-state index in [9.17, 15) is 0 Å². The van der Waals surface area contributed by atoms with Gasteiger partial charge in [-0.1, -0.05) is 25.7 Å². The molecule has 1 N–H and O–H groups in total. The second kappa shape index (κ2) is 5.50. The number of rotatable bonds is 6. The Hall–Kier alpha value is -0.0800. The van der Waals surface area contributed by atoms with Gasteiger partial charge >= 0.3 is 0 Å². The fourth-order valence-corrected chi connectivity index (χ4v) is 3.89. The van der Waals surface area contributed by atoms with Crippen molar-refractivity contribution in [3.8, 4) is 0 Å². The van der Waals surface area contributed by atoms with Crippen LogP contribution in [0.15, 0.2) is 0 Å². The van der Waals surface area contributed by atoms with Crippen LogP contribution in [0.2, 0.25) is 0 Å². The second-order valence-corrected chi connectivity index (χ2v) is 6.97. The van der Waals surface area contributed by atoms with Crippen molar-refractivity contribution in [2.24, 2.45) is 11.3 Å².